The van der Waals surface area contributed by atoms with E-state index in [2.05, 4.69) is 10.3 Å². The van der Waals surface area contributed by atoms with Crippen molar-refractivity contribution in [1.82, 2.24) is 4.98 Å². The molecule has 1 aromatic heterocycles. The third kappa shape index (κ3) is 4.01. The first-order valence-electron chi connectivity index (χ1n) is 8.67. The Labute approximate surface area is 173 Å². The van der Waals surface area contributed by atoms with Crippen molar-refractivity contribution in [3.05, 3.63) is 59.0 Å². The molecule has 0 atom stereocenters. The number of amides is 2. The minimum atomic E-state index is -0.958. The summed E-state index contributed by atoms with van der Waals surface area (Å²) in [6.07, 6.45) is 0. The number of hydrogen-bond donors (Lipinski definition) is 1. The number of para-hydroxylation sites is 1. The number of nitrogens with one attached hydrogen (secondary N) is 1. The minimum absolute atomic E-state index is 0.129. The Hall–Kier alpha value is -2.78. The molecular weight excluding hydrogens is 416 g/mol. The van der Waals surface area contributed by atoms with Crippen LogP contribution in [0.4, 0.5) is 19.6 Å². The van der Waals surface area contributed by atoms with E-state index >= 15 is 0 Å². The fourth-order valence-corrected chi connectivity index (χ4v) is 4.78. The van der Waals surface area contributed by atoms with Gasteiger partial charge in [-0.3, -0.25) is 9.59 Å². The lowest BCUT2D eigenvalue weighted by Gasteiger charge is -2.28. The third-order valence-electron chi connectivity index (χ3n) is 4.35. The average molecular weight is 431 g/mol. The van der Waals surface area contributed by atoms with Crippen molar-refractivity contribution in [3.8, 4) is 11.3 Å². The van der Waals surface area contributed by atoms with Gasteiger partial charge in [0.05, 0.1) is 17.1 Å². The van der Waals surface area contributed by atoms with Gasteiger partial charge in [0, 0.05) is 15.3 Å². The van der Waals surface area contributed by atoms with Gasteiger partial charge in [0.15, 0.2) is 16.8 Å². The summed E-state index contributed by atoms with van der Waals surface area (Å²) in [4.78, 5) is 32.3. The van der Waals surface area contributed by atoms with E-state index in [1.165, 1.54) is 34.1 Å². The number of fused-ring (bicyclic) bond motifs is 1. The third-order valence-corrected chi connectivity index (χ3v) is 6.28. The van der Waals surface area contributed by atoms with Gasteiger partial charge in [-0.05, 0) is 37.3 Å². The van der Waals surface area contributed by atoms with Crippen LogP contribution in [0.5, 0.6) is 0 Å². The van der Waals surface area contributed by atoms with Gasteiger partial charge in [-0.2, -0.15) is 0 Å². The van der Waals surface area contributed by atoms with Crippen LogP contribution in [0, 0.1) is 18.6 Å². The molecule has 1 N–H and O–H groups in total. The summed E-state index contributed by atoms with van der Waals surface area (Å²) in [7, 11) is 0. The Morgan fingerprint density at radius 2 is 2.00 bits per heavy atom. The normalized spacial score (nSPS) is 13.3. The molecule has 1 aliphatic rings. The second-order valence-electron chi connectivity index (χ2n) is 6.34. The van der Waals surface area contributed by atoms with Crippen LogP contribution in [0.25, 0.3) is 11.3 Å². The average Bonchev–Trinajstić information content (AvgIpc) is 3.06. The Kier molecular flexibility index (Phi) is 5.33. The van der Waals surface area contributed by atoms with Crippen LogP contribution in [0.1, 0.15) is 4.88 Å². The molecule has 9 heteroatoms. The molecular formula is C20H15F2N3O2S2. The van der Waals surface area contributed by atoms with Gasteiger partial charge >= 0.3 is 0 Å². The first kappa shape index (κ1) is 19.5. The zero-order valence-electron chi connectivity index (χ0n) is 15.2. The second-order valence-corrected chi connectivity index (χ2v) is 8.56. The number of nitrogens with zero attached hydrogens (tertiary/aromatic N) is 2. The maximum absolute atomic E-state index is 13.5. The number of halogens is 2. The van der Waals surface area contributed by atoms with Crippen molar-refractivity contribution < 1.29 is 18.4 Å². The second kappa shape index (κ2) is 7.92. The number of hydrogen-bond acceptors (Lipinski definition) is 5. The maximum atomic E-state index is 13.5. The molecule has 0 fully saturated rings. The Morgan fingerprint density at radius 1 is 1.21 bits per heavy atom. The molecule has 0 saturated carbocycles. The summed E-state index contributed by atoms with van der Waals surface area (Å²) in [5.41, 5.74) is 1.61. The molecule has 0 radical (unpaired) electrons. The highest BCUT2D eigenvalue weighted by Crippen LogP contribution is 2.35. The smallest absolute Gasteiger partial charge is 0.246 e. The van der Waals surface area contributed by atoms with Crippen molar-refractivity contribution in [2.45, 2.75) is 11.8 Å². The molecule has 0 aliphatic carbocycles. The van der Waals surface area contributed by atoms with Gasteiger partial charge in [-0.15, -0.1) is 23.1 Å². The number of carbonyl (C=O) groups is 2. The zero-order chi connectivity index (χ0) is 20.5. The number of aromatic nitrogens is 1. The summed E-state index contributed by atoms with van der Waals surface area (Å²) in [5, 5.41) is 3.03. The molecule has 29 heavy (non-hydrogen) atoms. The SMILES string of the molecule is Cc1sc(NC(=O)CN2C(=O)CSc3ccccc32)nc1-c1ccc(F)c(F)c1. The lowest BCUT2D eigenvalue weighted by Crippen LogP contribution is -2.41. The lowest BCUT2D eigenvalue weighted by atomic mass is 10.1. The molecule has 0 bridgehead atoms. The monoisotopic (exact) mass is 431 g/mol. The van der Waals surface area contributed by atoms with Crippen molar-refractivity contribution in [2.75, 3.05) is 22.5 Å². The molecule has 0 spiro atoms. The standard InChI is InChI=1S/C20H15F2N3O2S2/c1-11-19(12-6-7-13(21)14(22)8-12)24-20(29-11)23-17(26)9-25-15-4-2-3-5-16(15)28-10-18(25)27/h2-8H,9-10H2,1H3,(H,23,24,26). The maximum Gasteiger partial charge on any atom is 0.246 e. The van der Waals surface area contributed by atoms with Gasteiger partial charge in [-0.1, -0.05) is 12.1 Å². The van der Waals surface area contributed by atoms with Crippen LogP contribution in [-0.2, 0) is 9.59 Å². The number of benzene rings is 2. The van der Waals surface area contributed by atoms with E-state index in [1.54, 1.807) is 13.0 Å². The molecule has 2 aromatic carbocycles. The largest absolute Gasteiger partial charge is 0.301 e. The number of carbonyl (C=O) groups excluding carboxylic acids is 2. The topological polar surface area (TPSA) is 62.3 Å². The van der Waals surface area contributed by atoms with Crippen LogP contribution >= 0.6 is 23.1 Å². The van der Waals surface area contributed by atoms with Gasteiger partial charge in [0.2, 0.25) is 11.8 Å². The van der Waals surface area contributed by atoms with E-state index in [0.29, 0.717) is 22.1 Å². The Bertz CT molecular complexity index is 1120. The van der Waals surface area contributed by atoms with Crippen molar-refractivity contribution >= 4 is 45.7 Å². The van der Waals surface area contributed by atoms with Gasteiger partial charge < -0.3 is 10.2 Å². The summed E-state index contributed by atoms with van der Waals surface area (Å²) in [5.74, 6) is -2.13. The predicted octanol–water partition coefficient (Wildman–Crippen LogP) is 4.47. The number of thiazole rings is 1. The van der Waals surface area contributed by atoms with E-state index in [4.69, 9.17) is 0 Å². The van der Waals surface area contributed by atoms with Crippen molar-refractivity contribution in [2.24, 2.45) is 0 Å². The highest BCUT2D eigenvalue weighted by Gasteiger charge is 2.26. The first-order chi connectivity index (χ1) is 13.9. The van der Waals surface area contributed by atoms with Crippen LogP contribution < -0.4 is 10.2 Å². The molecule has 5 nitrogen and oxygen atoms in total. The van der Waals surface area contributed by atoms with E-state index in [1.807, 2.05) is 18.2 Å². The quantitative estimate of drug-likeness (QED) is 0.662. The van der Waals surface area contributed by atoms with Crippen molar-refractivity contribution in [3.63, 3.8) is 0 Å². The first-order valence-corrected chi connectivity index (χ1v) is 10.5. The van der Waals surface area contributed by atoms with Gasteiger partial charge in [0.25, 0.3) is 0 Å². The van der Waals surface area contributed by atoms with Gasteiger partial charge in [0.1, 0.15) is 6.54 Å². The number of anilines is 2. The molecule has 2 amide bonds. The van der Waals surface area contributed by atoms with E-state index in [0.717, 1.165) is 21.9 Å². The highest BCUT2D eigenvalue weighted by molar-refractivity contribution is 8.00. The Morgan fingerprint density at radius 3 is 2.79 bits per heavy atom. The minimum Gasteiger partial charge on any atom is -0.301 e. The van der Waals surface area contributed by atoms with Crippen LogP contribution in [0.2, 0.25) is 0 Å². The zero-order valence-corrected chi connectivity index (χ0v) is 16.9. The molecule has 0 saturated heterocycles. The molecule has 4 rings (SSSR count). The fourth-order valence-electron chi connectivity index (χ4n) is 2.99. The predicted molar refractivity (Wildman–Crippen MR) is 110 cm³/mol. The van der Waals surface area contributed by atoms with Crippen LogP contribution in [0.3, 0.4) is 0 Å². The van der Waals surface area contributed by atoms with Gasteiger partial charge in [-0.25, -0.2) is 13.8 Å². The fraction of sp³-hybridized carbons (Fsp3) is 0.150. The number of thioether (sulfide) groups is 1. The summed E-state index contributed by atoms with van der Waals surface area (Å²) >= 11 is 2.68. The van der Waals surface area contributed by atoms with E-state index in [-0.39, 0.29) is 24.1 Å². The summed E-state index contributed by atoms with van der Waals surface area (Å²) < 4.78 is 26.7. The molecule has 148 valence electrons. The molecule has 1 aliphatic heterocycles. The molecule has 3 aromatic rings. The highest BCUT2D eigenvalue weighted by atomic mass is 32.2. The van der Waals surface area contributed by atoms with Crippen LogP contribution in [-0.4, -0.2) is 29.1 Å². The van der Waals surface area contributed by atoms with Crippen molar-refractivity contribution in [1.29, 1.82) is 0 Å². The van der Waals surface area contributed by atoms with Crippen LogP contribution in [0.15, 0.2) is 47.4 Å². The lowest BCUT2D eigenvalue weighted by molar-refractivity contribution is -0.120. The number of aryl methyl sites for hydroxylation is 1. The van der Waals surface area contributed by atoms with E-state index in [9.17, 15) is 18.4 Å². The Balaban J connectivity index is 1.51. The van der Waals surface area contributed by atoms with E-state index < -0.39 is 11.6 Å². The number of rotatable bonds is 4. The summed E-state index contributed by atoms with van der Waals surface area (Å²) in [6, 6.07) is 11.0. The molecule has 2 heterocycles. The summed E-state index contributed by atoms with van der Waals surface area (Å²) in [6.45, 7) is 1.65. The molecule has 0 unspecified atom stereocenters.